The summed E-state index contributed by atoms with van der Waals surface area (Å²) in [6.07, 6.45) is 6.87. The van der Waals surface area contributed by atoms with Gasteiger partial charge < -0.3 is 4.57 Å². The summed E-state index contributed by atoms with van der Waals surface area (Å²) in [6.45, 7) is 0. The summed E-state index contributed by atoms with van der Waals surface area (Å²) in [5.41, 5.74) is 3.07. The third-order valence-electron chi connectivity index (χ3n) is 4.46. The molecular formula is C18H15N7. The van der Waals surface area contributed by atoms with E-state index < -0.39 is 0 Å². The number of aryl methyl sites for hydroxylation is 3. The van der Waals surface area contributed by atoms with E-state index in [4.69, 9.17) is 4.98 Å². The van der Waals surface area contributed by atoms with Crippen molar-refractivity contribution >= 4 is 27.7 Å². The number of nitrogens with zero attached hydrogens (tertiary/aromatic N) is 7. The standard InChI is InChI=1S/C18H15N7/c1-24-14-6-5-13-12(4-2-9-19-13)17(14)22-16(24)8-7-15-21-18-20-10-3-11-25(18)23-15/h2-6,9-11H,7-8H2,1H3. The van der Waals surface area contributed by atoms with Crippen molar-refractivity contribution in [3.05, 3.63) is 60.6 Å². The van der Waals surface area contributed by atoms with Gasteiger partial charge in [-0.1, -0.05) is 0 Å². The van der Waals surface area contributed by atoms with Crippen LogP contribution in [0.2, 0.25) is 0 Å². The molecule has 0 saturated carbocycles. The third-order valence-corrected chi connectivity index (χ3v) is 4.46. The van der Waals surface area contributed by atoms with Gasteiger partial charge in [0.25, 0.3) is 5.78 Å². The first-order chi connectivity index (χ1) is 12.3. The van der Waals surface area contributed by atoms with Crippen molar-refractivity contribution in [2.45, 2.75) is 12.8 Å². The van der Waals surface area contributed by atoms with Gasteiger partial charge in [0.2, 0.25) is 0 Å². The van der Waals surface area contributed by atoms with Gasteiger partial charge >= 0.3 is 0 Å². The number of hydrogen-bond donors (Lipinski definition) is 0. The number of fused-ring (bicyclic) bond motifs is 4. The molecular weight excluding hydrogens is 314 g/mol. The van der Waals surface area contributed by atoms with E-state index in [1.807, 2.05) is 31.4 Å². The normalized spacial score (nSPS) is 11.7. The molecule has 4 aromatic heterocycles. The van der Waals surface area contributed by atoms with Crippen LogP contribution in [0.15, 0.2) is 48.9 Å². The second-order valence-electron chi connectivity index (χ2n) is 5.98. The summed E-state index contributed by atoms with van der Waals surface area (Å²) in [4.78, 5) is 17.9. The molecule has 0 atom stereocenters. The van der Waals surface area contributed by atoms with E-state index in [1.165, 1.54) is 0 Å². The fraction of sp³-hybridized carbons (Fsp3) is 0.167. The van der Waals surface area contributed by atoms with E-state index in [0.29, 0.717) is 5.78 Å². The number of hydrogen-bond acceptors (Lipinski definition) is 5. The van der Waals surface area contributed by atoms with Crippen LogP contribution in [0.3, 0.4) is 0 Å². The Bertz CT molecular complexity index is 1190. The lowest BCUT2D eigenvalue weighted by atomic mass is 10.2. The number of benzene rings is 1. The zero-order chi connectivity index (χ0) is 16.8. The Morgan fingerprint density at radius 1 is 0.960 bits per heavy atom. The highest BCUT2D eigenvalue weighted by atomic mass is 15.3. The van der Waals surface area contributed by atoms with Crippen molar-refractivity contribution in [3.63, 3.8) is 0 Å². The Kier molecular flexibility index (Phi) is 3.00. The van der Waals surface area contributed by atoms with Crippen LogP contribution >= 0.6 is 0 Å². The molecule has 0 unspecified atom stereocenters. The Labute approximate surface area is 143 Å². The topological polar surface area (TPSA) is 73.8 Å². The van der Waals surface area contributed by atoms with Gasteiger partial charge in [0.05, 0.1) is 16.6 Å². The lowest BCUT2D eigenvalue weighted by Crippen LogP contribution is -2.01. The summed E-state index contributed by atoms with van der Waals surface area (Å²) < 4.78 is 3.83. The van der Waals surface area contributed by atoms with E-state index in [2.05, 4.69) is 36.8 Å². The largest absolute Gasteiger partial charge is 0.331 e. The predicted molar refractivity (Wildman–Crippen MR) is 94.2 cm³/mol. The number of pyridine rings is 1. The Morgan fingerprint density at radius 2 is 1.88 bits per heavy atom. The fourth-order valence-corrected chi connectivity index (χ4v) is 3.19. The minimum atomic E-state index is 0.625. The molecule has 7 heteroatoms. The molecule has 0 N–H and O–H groups in total. The van der Waals surface area contributed by atoms with Crippen molar-refractivity contribution < 1.29 is 0 Å². The minimum absolute atomic E-state index is 0.625. The number of aromatic nitrogens is 7. The van der Waals surface area contributed by atoms with E-state index >= 15 is 0 Å². The van der Waals surface area contributed by atoms with Crippen molar-refractivity contribution in [1.82, 2.24) is 34.1 Å². The van der Waals surface area contributed by atoms with Gasteiger partial charge in [0.15, 0.2) is 5.82 Å². The molecule has 0 bridgehead atoms. The van der Waals surface area contributed by atoms with E-state index in [9.17, 15) is 0 Å². The molecule has 0 aliphatic rings. The minimum Gasteiger partial charge on any atom is -0.331 e. The number of imidazole rings is 1. The van der Waals surface area contributed by atoms with Crippen LogP contribution < -0.4 is 0 Å². The zero-order valence-corrected chi connectivity index (χ0v) is 13.7. The van der Waals surface area contributed by atoms with Gasteiger partial charge in [-0.05, 0) is 30.3 Å². The highest BCUT2D eigenvalue weighted by molar-refractivity contribution is 6.02. The van der Waals surface area contributed by atoms with Crippen molar-refractivity contribution in [1.29, 1.82) is 0 Å². The molecule has 25 heavy (non-hydrogen) atoms. The van der Waals surface area contributed by atoms with E-state index in [1.54, 1.807) is 16.9 Å². The second-order valence-corrected chi connectivity index (χ2v) is 5.98. The third kappa shape index (κ3) is 2.24. The average Bonchev–Trinajstić information content (AvgIpc) is 3.21. The van der Waals surface area contributed by atoms with Gasteiger partial charge in [-0.25, -0.2) is 14.5 Å². The lowest BCUT2D eigenvalue weighted by Gasteiger charge is -2.01. The Hall–Kier alpha value is -3.35. The first-order valence-corrected chi connectivity index (χ1v) is 8.15. The Balaban J connectivity index is 1.52. The van der Waals surface area contributed by atoms with Crippen molar-refractivity contribution in [2.24, 2.45) is 7.05 Å². The molecule has 0 saturated heterocycles. The summed E-state index contributed by atoms with van der Waals surface area (Å²) in [5.74, 6) is 2.41. The molecule has 0 spiro atoms. The summed E-state index contributed by atoms with van der Waals surface area (Å²) >= 11 is 0. The van der Waals surface area contributed by atoms with Crippen LogP contribution in [0.25, 0.3) is 27.7 Å². The van der Waals surface area contributed by atoms with Gasteiger partial charge in [0.1, 0.15) is 5.82 Å². The van der Waals surface area contributed by atoms with Crippen LogP contribution in [-0.4, -0.2) is 34.1 Å². The lowest BCUT2D eigenvalue weighted by molar-refractivity contribution is 0.755. The number of rotatable bonds is 3. The maximum absolute atomic E-state index is 4.85. The van der Waals surface area contributed by atoms with Gasteiger partial charge in [-0.15, -0.1) is 5.10 Å². The molecule has 0 fully saturated rings. The first kappa shape index (κ1) is 14.0. The quantitative estimate of drug-likeness (QED) is 0.508. The SMILES string of the molecule is Cn1c(CCc2nc3ncccn3n2)nc2c3cccnc3ccc21. The molecule has 0 amide bonds. The smallest absolute Gasteiger partial charge is 0.252 e. The highest BCUT2D eigenvalue weighted by Gasteiger charge is 2.12. The molecule has 122 valence electrons. The molecule has 5 aromatic rings. The van der Waals surface area contributed by atoms with Gasteiger partial charge in [0, 0.05) is 43.9 Å². The predicted octanol–water partition coefficient (Wildman–Crippen LogP) is 2.34. The second kappa shape index (κ2) is 5.34. The molecule has 4 heterocycles. The van der Waals surface area contributed by atoms with Gasteiger partial charge in [-0.2, -0.15) is 4.98 Å². The van der Waals surface area contributed by atoms with Crippen LogP contribution in [0, 0.1) is 0 Å². The van der Waals surface area contributed by atoms with Gasteiger partial charge in [-0.3, -0.25) is 4.98 Å². The monoisotopic (exact) mass is 329 g/mol. The fourth-order valence-electron chi connectivity index (χ4n) is 3.19. The first-order valence-electron chi connectivity index (χ1n) is 8.15. The zero-order valence-electron chi connectivity index (χ0n) is 13.7. The van der Waals surface area contributed by atoms with Crippen molar-refractivity contribution in [3.8, 4) is 0 Å². The maximum Gasteiger partial charge on any atom is 0.252 e. The van der Waals surface area contributed by atoms with E-state index in [0.717, 1.165) is 46.4 Å². The molecule has 7 nitrogen and oxygen atoms in total. The summed E-state index contributed by atoms with van der Waals surface area (Å²) in [7, 11) is 2.05. The molecule has 0 radical (unpaired) electrons. The molecule has 1 aromatic carbocycles. The molecule has 0 aliphatic heterocycles. The molecule has 5 rings (SSSR count). The maximum atomic E-state index is 4.85. The van der Waals surface area contributed by atoms with Crippen LogP contribution in [0.1, 0.15) is 11.6 Å². The molecule has 0 aliphatic carbocycles. The Morgan fingerprint density at radius 3 is 2.80 bits per heavy atom. The van der Waals surface area contributed by atoms with E-state index in [-0.39, 0.29) is 0 Å². The van der Waals surface area contributed by atoms with Crippen LogP contribution in [0.5, 0.6) is 0 Å². The van der Waals surface area contributed by atoms with Crippen LogP contribution in [-0.2, 0) is 19.9 Å². The van der Waals surface area contributed by atoms with Crippen molar-refractivity contribution in [2.75, 3.05) is 0 Å². The average molecular weight is 329 g/mol. The summed E-state index contributed by atoms with van der Waals surface area (Å²) in [6, 6.07) is 9.98. The van der Waals surface area contributed by atoms with Crippen LogP contribution in [0.4, 0.5) is 0 Å². The highest BCUT2D eigenvalue weighted by Crippen LogP contribution is 2.24. The summed E-state index contributed by atoms with van der Waals surface area (Å²) in [5, 5.41) is 5.54.